The largest absolute Gasteiger partial charge is 0.529 e. The van der Waals surface area contributed by atoms with Crippen molar-refractivity contribution in [2.75, 3.05) is 20.3 Å². The van der Waals surface area contributed by atoms with Crippen LogP contribution in [-0.4, -0.2) is 26.3 Å². The summed E-state index contributed by atoms with van der Waals surface area (Å²) in [7, 11) is -2.47. The fourth-order valence-electron chi connectivity index (χ4n) is 2.04. The van der Waals surface area contributed by atoms with Crippen molar-refractivity contribution in [2.24, 2.45) is 0 Å². The number of phosphoric acid groups is 1. The van der Waals surface area contributed by atoms with E-state index in [1.807, 2.05) is 0 Å². The van der Waals surface area contributed by atoms with Gasteiger partial charge in [0.05, 0.1) is 26.4 Å². The monoisotopic (exact) mass is 388 g/mol. The number of hydrogen-bond acceptors (Lipinski definition) is 6. The van der Waals surface area contributed by atoms with Gasteiger partial charge < -0.3 is 9.26 Å². The van der Waals surface area contributed by atoms with Gasteiger partial charge in [-0.25, -0.2) is 9.36 Å². The number of methoxy groups -OCH3 is 1. The first-order valence-corrected chi connectivity index (χ1v) is 10.4. The average molecular weight is 388 g/mol. The predicted octanol–water partition coefficient (Wildman–Crippen LogP) is 5.71. The van der Waals surface area contributed by atoms with E-state index in [1.54, 1.807) is 13.8 Å². The van der Waals surface area contributed by atoms with Crippen LogP contribution in [0.15, 0.2) is 35.1 Å². The molecule has 0 radical (unpaired) electrons. The molecule has 0 bridgehead atoms. The molecule has 0 rings (SSSR count). The van der Waals surface area contributed by atoms with E-state index in [1.165, 1.54) is 24.3 Å². The van der Waals surface area contributed by atoms with Gasteiger partial charge in [-0.2, -0.15) is 0 Å². The van der Waals surface area contributed by atoms with Crippen LogP contribution in [0.25, 0.3) is 0 Å². The van der Waals surface area contributed by atoms with Crippen LogP contribution in [0.3, 0.4) is 0 Å². The average Bonchev–Trinajstić information content (AvgIpc) is 2.54. The lowest BCUT2D eigenvalue weighted by Crippen LogP contribution is -2.03. The fraction of sp³-hybridized carbons (Fsp3) is 0.632. The molecule has 0 aliphatic rings. The third kappa shape index (κ3) is 12.1. The molecule has 0 amide bonds. The molecule has 26 heavy (non-hydrogen) atoms. The second-order valence-electron chi connectivity index (χ2n) is 5.92. The van der Waals surface area contributed by atoms with Gasteiger partial charge in [0.1, 0.15) is 5.76 Å². The Kier molecular flexibility index (Phi) is 13.1. The van der Waals surface area contributed by atoms with Crippen molar-refractivity contribution in [2.45, 2.75) is 60.3 Å². The van der Waals surface area contributed by atoms with Crippen LogP contribution in [0, 0.1) is 0 Å². The van der Waals surface area contributed by atoms with Crippen LogP contribution < -0.4 is 0 Å². The molecule has 7 heteroatoms. The highest BCUT2D eigenvalue weighted by Gasteiger charge is 2.28. The van der Waals surface area contributed by atoms with Crippen LogP contribution in [-0.2, 0) is 27.7 Å². The minimum Gasteiger partial charge on any atom is -0.466 e. The van der Waals surface area contributed by atoms with Crippen molar-refractivity contribution in [3.8, 4) is 0 Å². The molecule has 0 atom stereocenters. The molecule has 0 aromatic heterocycles. The normalized spacial score (nSPS) is 12.7. The number of carbonyl (C=O) groups excluding carboxylic acids is 1. The van der Waals surface area contributed by atoms with E-state index < -0.39 is 13.8 Å². The molecule has 0 saturated carbocycles. The summed E-state index contributed by atoms with van der Waals surface area (Å²) in [5.74, 6) is -0.362. The van der Waals surface area contributed by atoms with Crippen LogP contribution in [0.4, 0.5) is 0 Å². The maximum absolute atomic E-state index is 12.5. The van der Waals surface area contributed by atoms with Crippen LogP contribution >= 0.6 is 7.82 Å². The Bertz CT molecular complexity index is 548. The zero-order chi connectivity index (χ0) is 20.0. The van der Waals surface area contributed by atoms with Gasteiger partial charge in [0.15, 0.2) is 0 Å². The van der Waals surface area contributed by atoms with Crippen LogP contribution in [0.5, 0.6) is 0 Å². The maximum Gasteiger partial charge on any atom is 0.529 e. The number of hydrogen-bond donors (Lipinski definition) is 0. The molecule has 6 nitrogen and oxygen atoms in total. The first-order chi connectivity index (χ1) is 12.3. The molecule has 150 valence electrons. The minimum atomic E-state index is -3.74. The SMILES string of the molecule is CCOP(=O)(OCC)OC(=CC(=O)OC)CCC=C(C)CCC=C(C)C. The lowest BCUT2D eigenvalue weighted by atomic mass is 10.1. The Morgan fingerprint density at radius 3 is 2.04 bits per heavy atom. The summed E-state index contributed by atoms with van der Waals surface area (Å²) in [5, 5.41) is 0. The number of rotatable bonds is 13. The molecular formula is C19H33O6P. The van der Waals surface area contributed by atoms with Crippen molar-refractivity contribution < 1.29 is 27.7 Å². The smallest absolute Gasteiger partial charge is 0.466 e. The quantitative estimate of drug-likeness (QED) is 0.132. The summed E-state index contributed by atoms with van der Waals surface area (Å²) >= 11 is 0. The summed E-state index contributed by atoms with van der Waals surface area (Å²) < 4.78 is 32.8. The summed E-state index contributed by atoms with van der Waals surface area (Å²) in [5.41, 5.74) is 2.55. The Labute approximate surface area is 157 Å². The van der Waals surface area contributed by atoms with Crippen molar-refractivity contribution in [1.82, 2.24) is 0 Å². The van der Waals surface area contributed by atoms with E-state index in [-0.39, 0.29) is 19.0 Å². The molecule has 0 N–H and O–H groups in total. The lowest BCUT2D eigenvalue weighted by molar-refractivity contribution is -0.135. The van der Waals surface area contributed by atoms with E-state index in [2.05, 4.69) is 37.7 Å². The van der Waals surface area contributed by atoms with Gasteiger partial charge in [0.25, 0.3) is 0 Å². The van der Waals surface area contributed by atoms with Crippen molar-refractivity contribution >= 4 is 13.8 Å². The molecule has 0 heterocycles. The Morgan fingerprint density at radius 2 is 1.54 bits per heavy atom. The highest BCUT2D eigenvalue weighted by Crippen LogP contribution is 2.51. The van der Waals surface area contributed by atoms with Gasteiger partial charge in [-0.3, -0.25) is 9.05 Å². The maximum atomic E-state index is 12.5. The zero-order valence-electron chi connectivity index (χ0n) is 16.9. The standard InChI is InChI=1S/C19H33O6P/c1-7-23-26(21,24-8-2)25-18(15-19(20)22-6)14-10-13-17(5)12-9-11-16(3)4/h11,13,15H,7-10,12,14H2,1-6H3. The molecule has 0 fully saturated rings. The summed E-state index contributed by atoms with van der Waals surface area (Å²) in [6.07, 6.45) is 8.45. The second-order valence-corrected chi connectivity index (χ2v) is 7.51. The summed E-state index contributed by atoms with van der Waals surface area (Å²) in [6.45, 7) is 9.95. The number of phosphoric ester groups is 1. The van der Waals surface area contributed by atoms with E-state index in [4.69, 9.17) is 13.6 Å². The summed E-state index contributed by atoms with van der Waals surface area (Å²) in [6, 6.07) is 0. The Morgan fingerprint density at radius 1 is 0.962 bits per heavy atom. The first-order valence-electron chi connectivity index (χ1n) is 8.92. The molecule has 0 aliphatic carbocycles. The van der Waals surface area contributed by atoms with Gasteiger partial charge in [0, 0.05) is 6.42 Å². The molecular weight excluding hydrogens is 355 g/mol. The molecule has 0 aliphatic heterocycles. The molecule has 0 unspecified atom stereocenters. The highest BCUT2D eigenvalue weighted by atomic mass is 31.2. The van der Waals surface area contributed by atoms with Gasteiger partial charge >= 0.3 is 13.8 Å². The zero-order valence-corrected chi connectivity index (χ0v) is 17.8. The Balaban J connectivity index is 4.95. The lowest BCUT2D eigenvalue weighted by Gasteiger charge is -2.18. The number of allylic oxidation sites excluding steroid dienone is 5. The van der Waals surface area contributed by atoms with E-state index in [0.29, 0.717) is 12.8 Å². The van der Waals surface area contributed by atoms with Crippen molar-refractivity contribution in [3.05, 3.63) is 35.1 Å². The first kappa shape index (κ1) is 24.6. The fourth-order valence-corrected chi connectivity index (χ4v) is 3.28. The highest BCUT2D eigenvalue weighted by molar-refractivity contribution is 7.48. The molecule has 0 saturated heterocycles. The number of ether oxygens (including phenoxy) is 1. The van der Waals surface area contributed by atoms with E-state index in [0.717, 1.165) is 12.8 Å². The molecule has 0 aromatic carbocycles. The second kappa shape index (κ2) is 13.8. The topological polar surface area (TPSA) is 71.1 Å². The molecule has 0 aromatic rings. The van der Waals surface area contributed by atoms with Crippen LogP contribution in [0.2, 0.25) is 0 Å². The van der Waals surface area contributed by atoms with Gasteiger partial charge in [0.2, 0.25) is 0 Å². The van der Waals surface area contributed by atoms with Gasteiger partial charge in [-0.15, -0.1) is 0 Å². The van der Waals surface area contributed by atoms with Crippen LogP contribution in [0.1, 0.15) is 60.3 Å². The summed E-state index contributed by atoms with van der Waals surface area (Å²) in [4.78, 5) is 11.6. The third-order valence-corrected chi connectivity index (χ3v) is 4.87. The van der Waals surface area contributed by atoms with Gasteiger partial charge in [-0.1, -0.05) is 23.3 Å². The predicted molar refractivity (Wildman–Crippen MR) is 104 cm³/mol. The van der Waals surface area contributed by atoms with Crippen molar-refractivity contribution in [3.63, 3.8) is 0 Å². The molecule has 0 spiro atoms. The Hall–Kier alpha value is -1.36. The minimum absolute atomic E-state index is 0.173. The van der Waals surface area contributed by atoms with Gasteiger partial charge in [-0.05, 0) is 53.9 Å². The van der Waals surface area contributed by atoms with Crippen molar-refractivity contribution in [1.29, 1.82) is 0 Å². The number of carbonyl (C=O) groups is 1. The van der Waals surface area contributed by atoms with E-state index >= 15 is 0 Å². The number of esters is 1. The third-order valence-electron chi connectivity index (χ3n) is 3.26. The van der Waals surface area contributed by atoms with E-state index in [9.17, 15) is 9.36 Å².